The van der Waals surface area contributed by atoms with Crippen molar-refractivity contribution in [2.75, 3.05) is 0 Å². The number of hydrogen-bond acceptors (Lipinski definition) is 4. The van der Waals surface area contributed by atoms with Crippen LogP contribution in [0.4, 0.5) is 13.2 Å². The van der Waals surface area contributed by atoms with Crippen LogP contribution in [-0.2, 0) is 16.2 Å². The van der Waals surface area contributed by atoms with Crippen LogP contribution in [0.1, 0.15) is 11.3 Å². The van der Waals surface area contributed by atoms with Crippen LogP contribution in [0.25, 0.3) is 16.3 Å². The molecule has 2 aromatic heterocycles. The minimum Gasteiger partial charge on any atom is -0.232 e. The largest absolute Gasteiger partial charge is 0.435 e. The van der Waals surface area contributed by atoms with Gasteiger partial charge in [0.2, 0.25) is 10.0 Å². The Morgan fingerprint density at radius 3 is 2.31 bits per heavy atom. The maximum absolute atomic E-state index is 13.1. The molecule has 0 fully saturated rings. The van der Waals surface area contributed by atoms with Crippen molar-refractivity contribution in [1.29, 1.82) is 0 Å². The van der Waals surface area contributed by atoms with Gasteiger partial charge in [-0.25, -0.2) is 18.2 Å². The van der Waals surface area contributed by atoms with Gasteiger partial charge in [0, 0.05) is 0 Å². The zero-order valence-electron chi connectivity index (χ0n) is 13.1. The molecule has 0 bridgehead atoms. The Hall–Kier alpha value is -1.88. The second-order valence-corrected chi connectivity index (χ2v) is 8.24. The van der Waals surface area contributed by atoms with Gasteiger partial charge >= 0.3 is 6.18 Å². The summed E-state index contributed by atoms with van der Waals surface area (Å²) in [6, 6.07) is 5.95. The third-order valence-electron chi connectivity index (χ3n) is 3.54. The lowest BCUT2D eigenvalue weighted by molar-refractivity contribution is -0.141. The van der Waals surface area contributed by atoms with Gasteiger partial charge in [0.05, 0.1) is 26.2 Å². The third-order valence-corrected chi connectivity index (χ3v) is 6.19. The molecule has 0 aliphatic carbocycles. The van der Waals surface area contributed by atoms with Crippen LogP contribution in [0, 0.1) is 6.92 Å². The molecule has 0 unspecified atom stereocenters. The molecule has 11 heteroatoms. The number of alkyl halides is 3. The van der Waals surface area contributed by atoms with Crippen molar-refractivity contribution in [3.8, 4) is 16.3 Å². The Morgan fingerprint density at radius 1 is 1.23 bits per heavy atom. The van der Waals surface area contributed by atoms with Crippen LogP contribution < -0.4 is 5.14 Å². The molecule has 0 atom stereocenters. The minimum atomic E-state index is -4.64. The highest BCUT2D eigenvalue weighted by Crippen LogP contribution is 2.40. The highest BCUT2D eigenvalue weighted by molar-refractivity contribution is 7.89. The van der Waals surface area contributed by atoms with Crippen LogP contribution >= 0.6 is 22.9 Å². The minimum absolute atomic E-state index is 0.156. The second kappa shape index (κ2) is 6.38. The van der Waals surface area contributed by atoms with Gasteiger partial charge in [-0.1, -0.05) is 11.6 Å². The van der Waals surface area contributed by atoms with Gasteiger partial charge in [-0.3, -0.25) is 0 Å². The maximum atomic E-state index is 13.1. The molecule has 0 saturated carbocycles. The first-order valence-electron chi connectivity index (χ1n) is 7.03. The number of aryl methyl sites for hydroxylation is 1. The number of nitrogens with two attached hydrogens (primary N) is 1. The predicted octanol–water partition coefficient (Wildman–Crippen LogP) is 4.23. The fourth-order valence-corrected chi connectivity index (χ4v) is 4.07. The number of hydrogen-bond donors (Lipinski definition) is 1. The van der Waals surface area contributed by atoms with Crippen molar-refractivity contribution in [1.82, 2.24) is 9.78 Å². The van der Waals surface area contributed by atoms with Crippen LogP contribution in [0.3, 0.4) is 0 Å². The summed E-state index contributed by atoms with van der Waals surface area (Å²) < 4.78 is 63.2. The van der Waals surface area contributed by atoms with Gasteiger partial charge in [0.1, 0.15) is 0 Å². The van der Waals surface area contributed by atoms with Crippen molar-refractivity contribution in [3.63, 3.8) is 0 Å². The summed E-state index contributed by atoms with van der Waals surface area (Å²) in [4.78, 5) is 0.277. The average Bonchev–Trinajstić information content (AvgIpc) is 3.11. The number of thiophene rings is 1. The van der Waals surface area contributed by atoms with E-state index in [-0.39, 0.29) is 16.3 Å². The van der Waals surface area contributed by atoms with E-state index in [0.29, 0.717) is 9.90 Å². The fraction of sp³-hybridized carbons (Fsp3) is 0.133. The molecule has 0 aliphatic heterocycles. The lowest BCUT2D eigenvalue weighted by atomic mass is 10.2. The highest BCUT2D eigenvalue weighted by atomic mass is 35.5. The Labute approximate surface area is 155 Å². The fourth-order valence-electron chi connectivity index (χ4n) is 2.26. The third kappa shape index (κ3) is 3.50. The summed E-state index contributed by atoms with van der Waals surface area (Å²) in [5.41, 5.74) is 0.0523. The van der Waals surface area contributed by atoms with Gasteiger partial charge in [0.15, 0.2) is 5.69 Å². The number of benzene rings is 1. The molecule has 3 rings (SSSR count). The normalized spacial score (nSPS) is 12.5. The molecule has 0 radical (unpaired) electrons. The summed E-state index contributed by atoms with van der Waals surface area (Å²) in [6.45, 7) is 1.74. The Balaban J connectivity index is 2.20. The molecule has 0 amide bonds. The predicted molar refractivity (Wildman–Crippen MR) is 93.0 cm³/mol. The number of rotatable bonds is 3. The molecule has 26 heavy (non-hydrogen) atoms. The number of nitrogens with zero attached hydrogens (tertiary/aromatic N) is 2. The molecule has 2 N–H and O–H groups in total. The standard InChI is InChI=1S/C15H11ClF3N3O2S2/c1-8-7-25-14(13(8)16)11-6-12(15(17,18)19)21-22(11)9-2-4-10(5-3-9)26(20,23)24/h2-7H,1H3,(H2,20,23,24). The van der Waals surface area contributed by atoms with E-state index in [1.54, 1.807) is 12.3 Å². The summed E-state index contributed by atoms with van der Waals surface area (Å²) in [5.74, 6) is 0. The topological polar surface area (TPSA) is 78.0 Å². The maximum Gasteiger partial charge on any atom is 0.435 e. The van der Waals surface area contributed by atoms with Gasteiger partial charge in [-0.15, -0.1) is 11.3 Å². The van der Waals surface area contributed by atoms with E-state index in [1.165, 1.54) is 35.6 Å². The van der Waals surface area contributed by atoms with Gasteiger partial charge in [0.25, 0.3) is 0 Å². The molecular weight excluding hydrogens is 411 g/mol. The van der Waals surface area contributed by atoms with E-state index < -0.39 is 21.9 Å². The van der Waals surface area contributed by atoms with Crippen molar-refractivity contribution in [3.05, 3.63) is 52.0 Å². The molecule has 138 valence electrons. The van der Waals surface area contributed by atoms with Gasteiger partial charge in [-0.2, -0.15) is 18.3 Å². The van der Waals surface area contributed by atoms with Gasteiger partial charge in [-0.05, 0) is 48.2 Å². The van der Waals surface area contributed by atoms with Crippen LogP contribution in [0.15, 0.2) is 40.6 Å². The molecule has 0 saturated heterocycles. The number of sulfonamides is 1. The Bertz CT molecular complexity index is 1070. The summed E-state index contributed by atoms with van der Waals surface area (Å²) in [5, 5.41) is 10.7. The first-order chi connectivity index (χ1) is 12.0. The SMILES string of the molecule is Cc1csc(-c2cc(C(F)(F)F)nn2-c2ccc(S(N)(=O)=O)cc2)c1Cl. The van der Waals surface area contributed by atoms with E-state index in [2.05, 4.69) is 5.10 Å². The molecule has 0 aliphatic rings. The van der Waals surface area contributed by atoms with E-state index in [9.17, 15) is 21.6 Å². The van der Waals surface area contributed by atoms with Crippen LogP contribution in [0.2, 0.25) is 5.02 Å². The zero-order chi connectivity index (χ0) is 19.3. The number of halogens is 4. The van der Waals surface area contributed by atoms with E-state index in [0.717, 1.165) is 16.3 Å². The molecular formula is C15H11ClF3N3O2S2. The van der Waals surface area contributed by atoms with Crippen molar-refractivity contribution in [2.24, 2.45) is 5.14 Å². The molecule has 5 nitrogen and oxygen atoms in total. The molecule has 3 aromatic rings. The lowest BCUT2D eigenvalue weighted by Crippen LogP contribution is -2.12. The van der Waals surface area contributed by atoms with E-state index in [4.69, 9.17) is 16.7 Å². The first kappa shape index (κ1) is 18.9. The van der Waals surface area contributed by atoms with Crippen LogP contribution in [0.5, 0.6) is 0 Å². The van der Waals surface area contributed by atoms with Crippen molar-refractivity contribution >= 4 is 33.0 Å². The zero-order valence-corrected chi connectivity index (χ0v) is 15.5. The highest BCUT2D eigenvalue weighted by Gasteiger charge is 2.35. The van der Waals surface area contributed by atoms with E-state index >= 15 is 0 Å². The number of primary sulfonamides is 1. The molecule has 1 aromatic carbocycles. The average molecular weight is 422 g/mol. The first-order valence-corrected chi connectivity index (χ1v) is 9.83. The van der Waals surface area contributed by atoms with E-state index in [1.807, 2.05) is 0 Å². The quantitative estimate of drug-likeness (QED) is 0.687. The smallest absolute Gasteiger partial charge is 0.232 e. The van der Waals surface area contributed by atoms with Gasteiger partial charge < -0.3 is 0 Å². The summed E-state index contributed by atoms with van der Waals surface area (Å²) >= 11 is 7.40. The summed E-state index contributed by atoms with van der Waals surface area (Å²) in [7, 11) is -3.91. The monoisotopic (exact) mass is 421 g/mol. The Morgan fingerprint density at radius 2 is 1.85 bits per heavy atom. The molecule has 0 spiro atoms. The van der Waals surface area contributed by atoms with Crippen molar-refractivity contribution in [2.45, 2.75) is 18.0 Å². The molecule has 2 heterocycles. The van der Waals surface area contributed by atoms with Crippen molar-refractivity contribution < 1.29 is 21.6 Å². The van der Waals surface area contributed by atoms with Crippen LogP contribution in [-0.4, -0.2) is 18.2 Å². The second-order valence-electron chi connectivity index (χ2n) is 5.43. The number of aromatic nitrogens is 2. The summed E-state index contributed by atoms with van der Waals surface area (Å²) in [6.07, 6.45) is -4.64. The Kier molecular flexibility index (Phi) is 4.63. The lowest BCUT2D eigenvalue weighted by Gasteiger charge is -2.08.